The average Bonchev–Trinajstić information content (AvgIpc) is 3.70. The highest BCUT2D eigenvalue weighted by Crippen LogP contribution is 2.44. The maximum Gasteiger partial charge on any atom is 0.281 e. The molecule has 4 heterocycles. The number of rotatable bonds is 5. The van der Waals surface area contributed by atoms with E-state index >= 15 is 0 Å². The minimum atomic E-state index is -0.492. The summed E-state index contributed by atoms with van der Waals surface area (Å²) < 4.78 is 0. The molecule has 1 fully saturated rings. The summed E-state index contributed by atoms with van der Waals surface area (Å²) >= 11 is 0. The molecular formula is C40H33N5O4. The average molecular weight is 648 g/mol. The minimum absolute atomic E-state index is 0.112. The number of nitrogens with one attached hydrogen (secondary N) is 3. The van der Waals surface area contributed by atoms with Crippen LogP contribution in [0.2, 0.25) is 0 Å². The lowest BCUT2D eigenvalue weighted by molar-refractivity contribution is -0.134. The van der Waals surface area contributed by atoms with Crippen LogP contribution in [-0.4, -0.2) is 49.5 Å². The maximum absolute atomic E-state index is 14.7. The molecule has 9 rings (SSSR count). The molecule has 9 heteroatoms. The fraction of sp³-hybridized carbons (Fsp3) is 0.200. The molecule has 242 valence electrons. The van der Waals surface area contributed by atoms with E-state index in [-0.39, 0.29) is 17.9 Å². The summed E-state index contributed by atoms with van der Waals surface area (Å²) in [6.45, 7) is 3.82. The number of carbonyl (C=O) groups excluding carboxylic acids is 4. The van der Waals surface area contributed by atoms with Gasteiger partial charge in [0.2, 0.25) is 0 Å². The second-order valence-electron chi connectivity index (χ2n) is 13.3. The molecule has 1 aliphatic carbocycles. The maximum atomic E-state index is 14.7. The van der Waals surface area contributed by atoms with Crippen molar-refractivity contribution in [2.45, 2.75) is 52.0 Å². The highest BCUT2D eigenvalue weighted by atomic mass is 16.2. The van der Waals surface area contributed by atoms with Crippen LogP contribution in [0.5, 0.6) is 0 Å². The first-order valence-electron chi connectivity index (χ1n) is 16.8. The van der Waals surface area contributed by atoms with Gasteiger partial charge >= 0.3 is 0 Å². The van der Waals surface area contributed by atoms with Gasteiger partial charge in [0.15, 0.2) is 0 Å². The van der Waals surface area contributed by atoms with E-state index in [1.54, 1.807) is 24.3 Å². The third kappa shape index (κ3) is 4.18. The number of aryl methyl sites for hydroxylation is 2. The fourth-order valence-corrected chi connectivity index (χ4v) is 8.30. The molecule has 9 nitrogen and oxygen atoms in total. The van der Waals surface area contributed by atoms with Gasteiger partial charge in [0.1, 0.15) is 0 Å². The number of hydrogen-bond acceptors (Lipinski definition) is 5. The first-order valence-corrected chi connectivity index (χ1v) is 16.8. The van der Waals surface area contributed by atoms with Gasteiger partial charge in [-0.25, -0.2) is 0 Å². The summed E-state index contributed by atoms with van der Waals surface area (Å²) in [5, 5.41) is 3.87. The van der Waals surface area contributed by atoms with Crippen LogP contribution in [0.1, 0.15) is 75.3 Å². The summed E-state index contributed by atoms with van der Waals surface area (Å²) in [7, 11) is 0. The molecular weight excluding hydrogens is 614 g/mol. The normalized spacial score (nSPS) is 17.1. The van der Waals surface area contributed by atoms with Crippen molar-refractivity contribution in [2.24, 2.45) is 0 Å². The number of hydrazine groups is 1. The van der Waals surface area contributed by atoms with Crippen molar-refractivity contribution in [3.63, 3.8) is 0 Å². The number of fused-ring (bicyclic) bond motifs is 2. The Bertz CT molecular complexity index is 2350. The lowest BCUT2D eigenvalue weighted by atomic mass is 9.88. The molecule has 0 bridgehead atoms. The Morgan fingerprint density at radius 2 is 1.12 bits per heavy atom. The van der Waals surface area contributed by atoms with Gasteiger partial charge in [-0.15, -0.1) is 0 Å². The van der Waals surface area contributed by atoms with Crippen LogP contribution in [0.25, 0.3) is 43.7 Å². The predicted molar refractivity (Wildman–Crippen MR) is 190 cm³/mol. The van der Waals surface area contributed by atoms with E-state index in [4.69, 9.17) is 0 Å². The third-order valence-electron chi connectivity index (χ3n) is 10.5. The lowest BCUT2D eigenvalue weighted by Crippen LogP contribution is -2.47. The minimum Gasteiger partial charge on any atom is -0.358 e. The first-order chi connectivity index (χ1) is 23.8. The van der Waals surface area contributed by atoms with Crippen molar-refractivity contribution in [1.82, 2.24) is 19.9 Å². The van der Waals surface area contributed by atoms with Crippen LogP contribution in [0.3, 0.4) is 0 Å². The number of anilines is 1. The van der Waals surface area contributed by atoms with E-state index in [1.165, 1.54) is 4.90 Å². The molecule has 4 aromatic carbocycles. The molecule has 0 atom stereocenters. The molecule has 3 aliphatic rings. The van der Waals surface area contributed by atoms with Crippen molar-refractivity contribution < 1.29 is 19.2 Å². The summed E-state index contributed by atoms with van der Waals surface area (Å²) in [6.07, 6.45) is 4.72. The van der Waals surface area contributed by atoms with E-state index < -0.39 is 11.8 Å². The number of hydrogen-bond donors (Lipinski definition) is 3. The van der Waals surface area contributed by atoms with Gasteiger partial charge in [0.05, 0.1) is 16.8 Å². The van der Waals surface area contributed by atoms with E-state index in [2.05, 4.69) is 15.4 Å². The number of nitrogens with zero attached hydrogens (tertiary/aromatic N) is 2. The van der Waals surface area contributed by atoms with Crippen LogP contribution < -0.4 is 5.43 Å². The fourth-order valence-electron chi connectivity index (χ4n) is 8.30. The number of para-hydroxylation sites is 2. The molecule has 0 radical (unpaired) electrons. The predicted octanol–water partition coefficient (Wildman–Crippen LogP) is 7.65. The molecule has 6 aromatic rings. The second kappa shape index (κ2) is 10.8. The van der Waals surface area contributed by atoms with Crippen molar-refractivity contribution in [3.8, 4) is 0 Å². The quantitative estimate of drug-likeness (QED) is 0.166. The Labute approximate surface area is 281 Å². The van der Waals surface area contributed by atoms with Gasteiger partial charge in [0, 0.05) is 72.3 Å². The summed E-state index contributed by atoms with van der Waals surface area (Å²) in [6, 6.07) is 24.2. The number of H-pyrrole nitrogens is 2. The number of aromatic nitrogens is 2. The zero-order valence-corrected chi connectivity index (χ0v) is 27.1. The molecule has 0 saturated heterocycles. The van der Waals surface area contributed by atoms with Gasteiger partial charge in [-0.1, -0.05) is 67.8 Å². The van der Waals surface area contributed by atoms with E-state index in [1.807, 2.05) is 68.4 Å². The number of carbonyl (C=O) groups is 4. The molecule has 2 aromatic heterocycles. The van der Waals surface area contributed by atoms with Gasteiger partial charge in [-0.05, 0) is 57.0 Å². The van der Waals surface area contributed by atoms with Crippen LogP contribution in [0, 0.1) is 13.8 Å². The zero-order valence-electron chi connectivity index (χ0n) is 27.1. The first kappa shape index (κ1) is 29.2. The molecule has 1 saturated carbocycles. The van der Waals surface area contributed by atoms with Crippen molar-refractivity contribution >= 4 is 73.0 Å². The Hall–Kier alpha value is -5.96. The molecule has 2 aliphatic heterocycles. The Morgan fingerprint density at radius 3 is 1.71 bits per heavy atom. The Balaban J connectivity index is 1.18. The van der Waals surface area contributed by atoms with Crippen molar-refractivity contribution in [3.05, 3.63) is 113 Å². The van der Waals surface area contributed by atoms with Gasteiger partial charge < -0.3 is 9.97 Å². The number of imide groups is 2. The van der Waals surface area contributed by atoms with Crippen LogP contribution >= 0.6 is 0 Å². The summed E-state index contributed by atoms with van der Waals surface area (Å²) in [5.41, 5.74) is 9.72. The third-order valence-corrected chi connectivity index (χ3v) is 10.5. The molecule has 0 spiro atoms. The van der Waals surface area contributed by atoms with Crippen LogP contribution in [0.4, 0.5) is 5.69 Å². The smallest absolute Gasteiger partial charge is 0.281 e. The van der Waals surface area contributed by atoms with E-state index in [9.17, 15) is 19.2 Å². The monoisotopic (exact) mass is 647 g/mol. The van der Waals surface area contributed by atoms with Crippen molar-refractivity contribution in [1.29, 1.82) is 0 Å². The molecule has 4 amide bonds. The number of amides is 4. The highest BCUT2D eigenvalue weighted by Gasteiger charge is 2.44. The van der Waals surface area contributed by atoms with E-state index in [0.29, 0.717) is 49.9 Å². The van der Waals surface area contributed by atoms with Crippen LogP contribution in [0.15, 0.2) is 78.9 Å². The van der Waals surface area contributed by atoms with Gasteiger partial charge in [-0.2, -0.15) is 5.01 Å². The standard InChI is InChI=1S/C40H33N5O4/c1-21-32(24-13-6-8-17-29(24)41-21)35-36(33-22(2)42-30-18-9-7-14-25(30)33)40(49)45(39(35)48)43-31-20-19-28-34-26(31)15-10-16-27(34)37(46)44(38(28)47)23-11-4-3-5-12-23/h6-10,13-20,23,41-43H,3-5,11-12H2,1-2H3. The number of aromatic amines is 2. The zero-order chi connectivity index (χ0) is 33.6. The molecule has 49 heavy (non-hydrogen) atoms. The van der Waals surface area contributed by atoms with E-state index in [0.717, 1.165) is 70.3 Å². The number of benzene rings is 4. The Kier molecular flexibility index (Phi) is 6.42. The van der Waals surface area contributed by atoms with Gasteiger partial charge in [-0.3, -0.25) is 29.5 Å². The summed E-state index contributed by atoms with van der Waals surface area (Å²) in [4.78, 5) is 65.3. The highest BCUT2D eigenvalue weighted by molar-refractivity contribution is 6.51. The largest absolute Gasteiger partial charge is 0.358 e. The van der Waals surface area contributed by atoms with Gasteiger partial charge in [0.25, 0.3) is 23.6 Å². The van der Waals surface area contributed by atoms with Crippen molar-refractivity contribution in [2.75, 3.05) is 5.43 Å². The Morgan fingerprint density at radius 1 is 0.592 bits per heavy atom. The lowest BCUT2D eigenvalue weighted by Gasteiger charge is -2.36. The van der Waals surface area contributed by atoms with Crippen LogP contribution in [-0.2, 0) is 9.59 Å². The topological polar surface area (TPSA) is 118 Å². The second-order valence-corrected chi connectivity index (χ2v) is 13.3. The SMILES string of the molecule is Cc1[nH]c2ccccc2c1C1=C(c2c(C)[nH]c3ccccc23)C(=O)N(Nc2ccc3c4c(cccc24)C(=O)N(C2CCCCC2)C3=O)C1=O. The summed E-state index contributed by atoms with van der Waals surface area (Å²) in [5.74, 6) is -1.57. The molecule has 3 N–H and O–H groups in total. The molecule has 0 unspecified atom stereocenters.